The zero-order valence-electron chi connectivity index (χ0n) is 19.4. The molecule has 1 aromatic heterocycles. The number of nitriles is 1. The van der Waals surface area contributed by atoms with Crippen molar-refractivity contribution in [3.05, 3.63) is 77.2 Å². The highest BCUT2D eigenvalue weighted by Crippen LogP contribution is 2.38. The Morgan fingerprint density at radius 2 is 2.00 bits per heavy atom. The van der Waals surface area contributed by atoms with Gasteiger partial charge in [0.25, 0.3) is 10.0 Å². The summed E-state index contributed by atoms with van der Waals surface area (Å²) < 4.78 is 26.8. The lowest BCUT2D eigenvalue weighted by Crippen LogP contribution is -2.44. The number of thioether (sulfide) groups is 1. The molecule has 2 N–H and O–H groups in total. The van der Waals surface area contributed by atoms with E-state index in [0.29, 0.717) is 23.5 Å². The van der Waals surface area contributed by atoms with Crippen LogP contribution in [0, 0.1) is 11.3 Å². The first-order valence-electron chi connectivity index (χ1n) is 11.0. The number of hydrogen-bond donors (Lipinski definition) is 2. The summed E-state index contributed by atoms with van der Waals surface area (Å²) in [5.74, 6) is 0.445. The highest BCUT2D eigenvalue weighted by Gasteiger charge is 2.33. The Morgan fingerprint density at radius 1 is 1.23 bits per heavy atom. The maximum atomic E-state index is 13.0. The van der Waals surface area contributed by atoms with Crippen molar-refractivity contribution in [3.63, 3.8) is 0 Å². The molecule has 182 valence electrons. The minimum absolute atomic E-state index is 0.202. The topological polar surface area (TPSA) is 102 Å². The van der Waals surface area contributed by atoms with Gasteiger partial charge in [-0.3, -0.25) is 9.10 Å². The van der Waals surface area contributed by atoms with Crippen LogP contribution in [0.15, 0.2) is 70.3 Å². The number of thiophene rings is 1. The SMILES string of the molecule is CN(c1cccc2c1NC(C(=O)NCC(C)(C#N)SCc1ccccc1)C2)S(=O)(=O)c1cccs1. The summed E-state index contributed by atoms with van der Waals surface area (Å²) >= 11 is 2.65. The zero-order valence-corrected chi connectivity index (χ0v) is 21.8. The molecule has 1 aliphatic rings. The van der Waals surface area contributed by atoms with E-state index in [0.717, 1.165) is 22.5 Å². The van der Waals surface area contributed by atoms with E-state index in [9.17, 15) is 18.5 Å². The fourth-order valence-electron chi connectivity index (χ4n) is 3.78. The van der Waals surface area contributed by atoms with Crippen LogP contribution in [0.2, 0.25) is 0 Å². The summed E-state index contributed by atoms with van der Waals surface area (Å²) in [6.45, 7) is 2.02. The van der Waals surface area contributed by atoms with Gasteiger partial charge >= 0.3 is 0 Å². The molecule has 35 heavy (non-hydrogen) atoms. The standard InChI is InChI=1S/C25H26N4O3S3/c1-25(16-26,34-15-18-8-4-3-5-9-18)17-27-24(30)20-14-19-10-6-11-21(23(19)28-20)29(2)35(31,32)22-12-7-13-33-22/h3-13,20,28H,14-15,17H2,1-2H3,(H,27,30). The normalized spacial score (nSPS) is 16.4. The highest BCUT2D eigenvalue weighted by molar-refractivity contribution is 8.00. The Bertz CT molecular complexity index is 1340. The van der Waals surface area contributed by atoms with Crippen LogP contribution in [0.3, 0.4) is 0 Å². The van der Waals surface area contributed by atoms with E-state index >= 15 is 0 Å². The van der Waals surface area contributed by atoms with Crippen LogP contribution in [-0.2, 0) is 27.0 Å². The Kier molecular flexibility index (Phi) is 7.40. The third-order valence-electron chi connectivity index (χ3n) is 5.87. The first-order valence-corrected chi connectivity index (χ1v) is 14.3. The number of fused-ring (bicyclic) bond motifs is 1. The maximum Gasteiger partial charge on any atom is 0.273 e. The fraction of sp³-hybridized carbons (Fsp3) is 0.280. The summed E-state index contributed by atoms with van der Waals surface area (Å²) in [6, 6.07) is 20.3. The van der Waals surface area contributed by atoms with Gasteiger partial charge in [-0.05, 0) is 35.6 Å². The molecule has 4 rings (SSSR count). The van der Waals surface area contributed by atoms with Crippen LogP contribution in [0.25, 0.3) is 0 Å². The molecule has 2 aromatic carbocycles. The molecule has 2 atom stereocenters. The van der Waals surface area contributed by atoms with Gasteiger partial charge in [-0.1, -0.05) is 48.5 Å². The van der Waals surface area contributed by atoms with E-state index in [2.05, 4.69) is 16.7 Å². The largest absolute Gasteiger partial charge is 0.371 e. The Morgan fingerprint density at radius 3 is 2.69 bits per heavy atom. The molecule has 2 heterocycles. The monoisotopic (exact) mass is 526 g/mol. The second kappa shape index (κ2) is 10.3. The van der Waals surface area contributed by atoms with Crippen LogP contribution < -0.4 is 14.9 Å². The van der Waals surface area contributed by atoms with Gasteiger partial charge in [0, 0.05) is 25.8 Å². The molecule has 0 aliphatic carbocycles. The van der Waals surface area contributed by atoms with Crippen LogP contribution in [-0.4, -0.2) is 38.7 Å². The van der Waals surface area contributed by atoms with E-state index in [1.807, 2.05) is 43.3 Å². The summed E-state index contributed by atoms with van der Waals surface area (Å²) in [4.78, 5) is 13.0. The van der Waals surface area contributed by atoms with Crippen molar-refractivity contribution in [3.8, 4) is 6.07 Å². The minimum Gasteiger partial charge on any atom is -0.371 e. The van der Waals surface area contributed by atoms with E-state index in [1.54, 1.807) is 29.6 Å². The number of anilines is 2. The molecular weight excluding hydrogens is 501 g/mol. The number of sulfonamides is 1. The summed E-state index contributed by atoms with van der Waals surface area (Å²) in [6.07, 6.45) is 0.433. The van der Waals surface area contributed by atoms with Crippen LogP contribution >= 0.6 is 23.1 Å². The molecule has 0 spiro atoms. The number of nitrogens with one attached hydrogen (secondary N) is 2. The van der Waals surface area contributed by atoms with Gasteiger partial charge in [-0.15, -0.1) is 23.1 Å². The second-order valence-corrected chi connectivity index (χ2v) is 13.1. The minimum atomic E-state index is -3.70. The second-order valence-electron chi connectivity index (χ2n) is 8.45. The molecule has 1 amide bonds. The van der Waals surface area contributed by atoms with Gasteiger partial charge in [0.15, 0.2) is 0 Å². The van der Waals surface area contributed by atoms with Crippen molar-refractivity contribution in [2.45, 2.75) is 34.1 Å². The quantitative estimate of drug-likeness (QED) is 0.432. The number of hydrogen-bond acceptors (Lipinski definition) is 7. The van der Waals surface area contributed by atoms with E-state index in [-0.39, 0.29) is 16.7 Å². The van der Waals surface area contributed by atoms with Crippen LogP contribution in [0.4, 0.5) is 11.4 Å². The number of para-hydroxylation sites is 1. The zero-order chi connectivity index (χ0) is 25.1. The van der Waals surface area contributed by atoms with Gasteiger partial charge < -0.3 is 10.6 Å². The molecule has 3 aromatic rings. The Hall–Kier alpha value is -3.00. The average Bonchev–Trinajstić information content (AvgIpc) is 3.57. The first kappa shape index (κ1) is 25.1. The molecule has 0 saturated carbocycles. The number of nitrogens with zero attached hydrogens (tertiary/aromatic N) is 2. The van der Waals surface area contributed by atoms with Gasteiger partial charge in [0.1, 0.15) is 15.0 Å². The van der Waals surface area contributed by atoms with Crippen LogP contribution in [0.1, 0.15) is 18.1 Å². The van der Waals surface area contributed by atoms with E-state index in [1.165, 1.54) is 23.1 Å². The van der Waals surface area contributed by atoms with Gasteiger partial charge in [0.2, 0.25) is 5.91 Å². The predicted octanol–water partition coefficient (Wildman–Crippen LogP) is 4.24. The van der Waals surface area contributed by atoms with Crippen molar-refractivity contribution in [1.29, 1.82) is 5.26 Å². The van der Waals surface area contributed by atoms with E-state index in [4.69, 9.17) is 0 Å². The predicted molar refractivity (Wildman–Crippen MR) is 142 cm³/mol. The van der Waals surface area contributed by atoms with Crippen molar-refractivity contribution in [1.82, 2.24) is 5.32 Å². The lowest BCUT2D eigenvalue weighted by atomic mass is 10.1. The average molecular weight is 527 g/mol. The van der Waals surface area contributed by atoms with Crippen molar-refractivity contribution < 1.29 is 13.2 Å². The van der Waals surface area contributed by atoms with Crippen molar-refractivity contribution in [2.24, 2.45) is 0 Å². The molecule has 10 heteroatoms. The molecule has 1 aliphatic heterocycles. The number of rotatable bonds is 9. The van der Waals surface area contributed by atoms with E-state index < -0.39 is 20.8 Å². The third-order valence-corrected chi connectivity index (χ3v) is 10.4. The Labute approximate surface area is 214 Å². The van der Waals surface area contributed by atoms with Gasteiger partial charge in [0.05, 0.1) is 17.4 Å². The number of amides is 1. The highest BCUT2D eigenvalue weighted by atomic mass is 32.2. The number of benzene rings is 2. The molecule has 2 unspecified atom stereocenters. The summed E-state index contributed by atoms with van der Waals surface area (Å²) in [5, 5.41) is 17.6. The van der Waals surface area contributed by atoms with Gasteiger partial charge in [-0.2, -0.15) is 5.26 Å². The molecule has 0 bridgehead atoms. The fourth-order valence-corrected chi connectivity index (χ4v) is 7.07. The first-order chi connectivity index (χ1) is 16.7. The summed E-state index contributed by atoms with van der Waals surface area (Å²) in [5.41, 5.74) is 3.12. The lowest BCUT2D eigenvalue weighted by molar-refractivity contribution is -0.121. The summed E-state index contributed by atoms with van der Waals surface area (Å²) in [7, 11) is -2.18. The number of carbonyl (C=O) groups is 1. The maximum absolute atomic E-state index is 13.0. The number of carbonyl (C=O) groups excluding carboxylic acids is 1. The molecular formula is C25H26N4O3S3. The van der Waals surface area contributed by atoms with Gasteiger partial charge in [-0.25, -0.2) is 8.42 Å². The molecule has 0 radical (unpaired) electrons. The Balaban J connectivity index is 1.41. The molecule has 0 fully saturated rings. The van der Waals surface area contributed by atoms with Crippen molar-refractivity contribution >= 4 is 50.4 Å². The van der Waals surface area contributed by atoms with Crippen LogP contribution in [0.5, 0.6) is 0 Å². The molecule has 7 nitrogen and oxygen atoms in total. The smallest absolute Gasteiger partial charge is 0.273 e. The van der Waals surface area contributed by atoms with Crippen molar-refractivity contribution in [2.75, 3.05) is 23.2 Å². The lowest BCUT2D eigenvalue weighted by Gasteiger charge is -2.23. The molecule has 0 saturated heterocycles. The third kappa shape index (κ3) is 5.48.